The minimum atomic E-state index is -0.740. The number of halogens is 4. The van der Waals surface area contributed by atoms with Crippen LogP contribution in [0.15, 0.2) is 29.0 Å². The lowest BCUT2D eigenvalue weighted by Gasteiger charge is -2.06. The van der Waals surface area contributed by atoms with Crippen LogP contribution in [0.4, 0.5) is 8.78 Å². The van der Waals surface area contributed by atoms with Crippen LogP contribution in [0, 0.1) is 11.6 Å². The molecular weight excluding hydrogens is 317 g/mol. The monoisotopic (exact) mass is 320 g/mol. The van der Waals surface area contributed by atoms with Gasteiger partial charge in [-0.25, -0.2) is 18.7 Å². The zero-order chi connectivity index (χ0) is 12.4. The van der Waals surface area contributed by atoms with Gasteiger partial charge in [-0.15, -0.1) is 0 Å². The molecule has 88 valence electrons. The molecule has 7 heteroatoms. The summed E-state index contributed by atoms with van der Waals surface area (Å²) in [6.45, 7) is 0. The SMILES string of the molecule is Fc1cc(F)cc(Oc2ncnc(Cl)c2Br)c1. The highest BCUT2D eigenvalue weighted by atomic mass is 79.9. The zero-order valence-electron chi connectivity index (χ0n) is 8.12. The third-order valence-corrected chi connectivity index (χ3v) is 3.00. The van der Waals surface area contributed by atoms with E-state index in [2.05, 4.69) is 25.9 Å². The summed E-state index contributed by atoms with van der Waals surface area (Å²) in [6.07, 6.45) is 1.18. The van der Waals surface area contributed by atoms with Gasteiger partial charge in [-0.3, -0.25) is 0 Å². The summed E-state index contributed by atoms with van der Waals surface area (Å²) >= 11 is 8.82. The smallest absolute Gasteiger partial charge is 0.238 e. The van der Waals surface area contributed by atoms with Gasteiger partial charge in [-0.2, -0.15) is 0 Å². The minimum absolute atomic E-state index is 0.0158. The summed E-state index contributed by atoms with van der Waals surface area (Å²) in [6, 6.07) is 2.81. The van der Waals surface area contributed by atoms with E-state index in [0.29, 0.717) is 4.47 Å². The number of rotatable bonds is 2. The standard InChI is InChI=1S/C10H4BrClF2N2O/c11-8-9(12)15-4-16-10(8)17-7-2-5(13)1-6(14)3-7/h1-4H. The van der Waals surface area contributed by atoms with Crippen molar-refractivity contribution in [1.82, 2.24) is 9.97 Å². The Balaban J connectivity index is 2.34. The molecule has 0 unspecified atom stereocenters. The summed E-state index contributed by atoms with van der Waals surface area (Å²) in [7, 11) is 0. The lowest BCUT2D eigenvalue weighted by Crippen LogP contribution is -1.92. The molecule has 3 nitrogen and oxygen atoms in total. The van der Waals surface area contributed by atoms with Gasteiger partial charge in [-0.1, -0.05) is 11.6 Å². The largest absolute Gasteiger partial charge is 0.437 e. The van der Waals surface area contributed by atoms with Gasteiger partial charge in [0, 0.05) is 18.2 Å². The van der Waals surface area contributed by atoms with E-state index in [4.69, 9.17) is 16.3 Å². The van der Waals surface area contributed by atoms with Crippen LogP contribution < -0.4 is 4.74 Å². The van der Waals surface area contributed by atoms with Gasteiger partial charge >= 0.3 is 0 Å². The number of ether oxygens (including phenoxy) is 1. The zero-order valence-corrected chi connectivity index (χ0v) is 10.5. The Bertz CT molecular complexity index is 548. The molecule has 1 heterocycles. The third kappa shape index (κ3) is 2.89. The maximum absolute atomic E-state index is 12.9. The predicted molar refractivity (Wildman–Crippen MR) is 61.2 cm³/mol. The second-order valence-corrected chi connectivity index (χ2v) is 4.14. The predicted octanol–water partition coefficient (Wildman–Crippen LogP) is 3.96. The molecule has 17 heavy (non-hydrogen) atoms. The highest BCUT2D eigenvalue weighted by Crippen LogP contribution is 2.31. The fourth-order valence-corrected chi connectivity index (χ4v) is 1.51. The quantitative estimate of drug-likeness (QED) is 0.785. The molecule has 2 rings (SSSR count). The molecule has 0 spiro atoms. The summed E-state index contributed by atoms with van der Waals surface area (Å²) in [5.74, 6) is -1.42. The molecule has 0 radical (unpaired) electrons. The lowest BCUT2D eigenvalue weighted by molar-refractivity contribution is 0.447. The van der Waals surface area contributed by atoms with Crippen molar-refractivity contribution in [2.45, 2.75) is 0 Å². The molecule has 1 aromatic heterocycles. The van der Waals surface area contributed by atoms with E-state index in [1.165, 1.54) is 6.33 Å². The van der Waals surface area contributed by atoms with Crippen LogP contribution in [0.25, 0.3) is 0 Å². The third-order valence-electron chi connectivity index (χ3n) is 1.77. The van der Waals surface area contributed by atoms with Crippen LogP contribution in [0.5, 0.6) is 11.6 Å². The molecule has 1 aromatic carbocycles. The highest BCUT2D eigenvalue weighted by Gasteiger charge is 2.10. The first kappa shape index (κ1) is 12.2. The van der Waals surface area contributed by atoms with Crippen molar-refractivity contribution in [1.29, 1.82) is 0 Å². The van der Waals surface area contributed by atoms with E-state index >= 15 is 0 Å². The van der Waals surface area contributed by atoms with Gasteiger partial charge in [0.15, 0.2) is 5.15 Å². The average molecular weight is 322 g/mol. The molecule has 0 fully saturated rings. The Hall–Kier alpha value is -1.27. The Labute approximate surface area is 109 Å². The van der Waals surface area contributed by atoms with E-state index < -0.39 is 11.6 Å². The van der Waals surface area contributed by atoms with Gasteiger partial charge in [0.25, 0.3) is 0 Å². The number of aromatic nitrogens is 2. The second kappa shape index (κ2) is 4.93. The minimum Gasteiger partial charge on any atom is -0.437 e. The number of benzene rings is 1. The van der Waals surface area contributed by atoms with Crippen LogP contribution >= 0.6 is 27.5 Å². The first-order valence-corrected chi connectivity index (χ1v) is 5.53. The van der Waals surface area contributed by atoms with E-state index in [1.54, 1.807) is 0 Å². The Morgan fingerprint density at radius 1 is 1.12 bits per heavy atom. The van der Waals surface area contributed by atoms with Crippen molar-refractivity contribution in [2.75, 3.05) is 0 Å². The normalized spacial score (nSPS) is 10.4. The summed E-state index contributed by atoms with van der Waals surface area (Å²) < 4.78 is 31.3. The van der Waals surface area contributed by atoms with Gasteiger partial charge in [0.05, 0.1) is 0 Å². The summed E-state index contributed by atoms with van der Waals surface area (Å²) in [5.41, 5.74) is 0. The highest BCUT2D eigenvalue weighted by molar-refractivity contribution is 9.10. The van der Waals surface area contributed by atoms with E-state index in [1.807, 2.05) is 0 Å². The van der Waals surface area contributed by atoms with Crippen LogP contribution in [-0.4, -0.2) is 9.97 Å². The maximum Gasteiger partial charge on any atom is 0.238 e. The van der Waals surface area contributed by atoms with Gasteiger partial charge < -0.3 is 4.74 Å². The molecule has 0 amide bonds. The first-order valence-electron chi connectivity index (χ1n) is 4.36. The van der Waals surface area contributed by atoms with Crippen molar-refractivity contribution in [3.05, 3.63) is 45.8 Å². The van der Waals surface area contributed by atoms with E-state index in [0.717, 1.165) is 18.2 Å². The van der Waals surface area contributed by atoms with Crippen LogP contribution in [-0.2, 0) is 0 Å². The van der Waals surface area contributed by atoms with Gasteiger partial charge in [0.1, 0.15) is 28.2 Å². The molecule has 0 aliphatic carbocycles. The van der Waals surface area contributed by atoms with E-state index in [-0.39, 0.29) is 16.8 Å². The Morgan fingerprint density at radius 3 is 2.41 bits per heavy atom. The number of nitrogens with zero attached hydrogens (tertiary/aromatic N) is 2. The fourth-order valence-electron chi connectivity index (χ4n) is 1.10. The molecule has 0 saturated heterocycles. The van der Waals surface area contributed by atoms with Crippen molar-refractivity contribution in [3.8, 4) is 11.6 Å². The van der Waals surface area contributed by atoms with Crippen molar-refractivity contribution in [2.24, 2.45) is 0 Å². The van der Waals surface area contributed by atoms with Crippen molar-refractivity contribution >= 4 is 27.5 Å². The van der Waals surface area contributed by atoms with Crippen molar-refractivity contribution < 1.29 is 13.5 Å². The molecular formula is C10H4BrClF2N2O. The molecule has 0 bridgehead atoms. The van der Waals surface area contributed by atoms with Crippen molar-refractivity contribution in [3.63, 3.8) is 0 Å². The second-order valence-electron chi connectivity index (χ2n) is 2.99. The lowest BCUT2D eigenvalue weighted by atomic mass is 10.3. The molecule has 2 aromatic rings. The molecule has 0 N–H and O–H groups in total. The Kier molecular flexibility index (Phi) is 3.54. The number of hydrogen-bond donors (Lipinski definition) is 0. The van der Waals surface area contributed by atoms with Crippen LogP contribution in [0.2, 0.25) is 5.15 Å². The molecule has 0 saturated carbocycles. The first-order chi connectivity index (χ1) is 8.06. The van der Waals surface area contributed by atoms with Crippen LogP contribution in [0.3, 0.4) is 0 Å². The Morgan fingerprint density at radius 2 is 1.76 bits per heavy atom. The summed E-state index contributed by atoms with van der Waals surface area (Å²) in [5, 5.41) is 0.145. The number of hydrogen-bond acceptors (Lipinski definition) is 3. The molecule has 0 aliphatic heterocycles. The van der Waals surface area contributed by atoms with E-state index in [9.17, 15) is 8.78 Å². The maximum atomic E-state index is 12.9. The molecule has 0 atom stereocenters. The molecule has 0 aliphatic rings. The van der Waals surface area contributed by atoms with Gasteiger partial charge in [-0.05, 0) is 15.9 Å². The fraction of sp³-hybridized carbons (Fsp3) is 0. The van der Waals surface area contributed by atoms with Gasteiger partial charge in [0.2, 0.25) is 5.88 Å². The van der Waals surface area contributed by atoms with Crippen LogP contribution in [0.1, 0.15) is 0 Å². The summed E-state index contributed by atoms with van der Waals surface area (Å²) in [4.78, 5) is 7.48. The average Bonchev–Trinajstić information content (AvgIpc) is 2.23. The topological polar surface area (TPSA) is 35.0 Å².